The van der Waals surface area contributed by atoms with Gasteiger partial charge in [-0.3, -0.25) is 24.1 Å². The zero-order chi connectivity index (χ0) is 23.8. The second-order valence-corrected chi connectivity index (χ2v) is 8.45. The molecule has 2 fully saturated rings. The van der Waals surface area contributed by atoms with Crippen LogP contribution in [0.3, 0.4) is 0 Å². The van der Waals surface area contributed by atoms with Crippen LogP contribution in [0.1, 0.15) is 43.5 Å². The van der Waals surface area contributed by atoms with E-state index in [9.17, 15) is 19.2 Å². The van der Waals surface area contributed by atoms with E-state index < -0.39 is 0 Å². The van der Waals surface area contributed by atoms with Gasteiger partial charge in [-0.15, -0.1) is 0 Å². The van der Waals surface area contributed by atoms with Crippen LogP contribution in [-0.2, 0) is 14.4 Å². The summed E-state index contributed by atoms with van der Waals surface area (Å²) in [6.07, 6.45) is 2.20. The van der Waals surface area contributed by atoms with E-state index in [1.807, 2.05) is 18.7 Å². The molecule has 180 valence electrons. The molecule has 2 aliphatic heterocycles. The van der Waals surface area contributed by atoms with Crippen LogP contribution in [0.25, 0.3) is 0 Å². The summed E-state index contributed by atoms with van der Waals surface area (Å²) in [5.74, 6) is -0.221. The fourth-order valence-electron chi connectivity index (χ4n) is 4.33. The second-order valence-electron chi connectivity index (χ2n) is 8.45. The van der Waals surface area contributed by atoms with Gasteiger partial charge in [-0.25, -0.2) is 0 Å². The highest BCUT2D eigenvalue weighted by Gasteiger charge is 2.23. The molecule has 0 aliphatic carbocycles. The van der Waals surface area contributed by atoms with Crippen molar-refractivity contribution in [2.75, 3.05) is 63.8 Å². The summed E-state index contributed by atoms with van der Waals surface area (Å²) in [7, 11) is 0. The summed E-state index contributed by atoms with van der Waals surface area (Å²) < 4.78 is 0. The van der Waals surface area contributed by atoms with Crippen LogP contribution in [0.2, 0.25) is 0 Å². The number of hydrogen-bond donors (Lipinski definition) is 1. The molecule has 9 heteroatoms. The van der Waals surface area contributed by atoms with Crippen molar-refractivity contribution in [3.8, 4) is 0 Å². The molecular formula is C24H35N5O4. The maximum absolute atomic E-state index is 12.7. The lowest BCUT2D eigenvalue weighted by Gasteiger charge is -2.25. The van der Waals surface area contributed by atoms with Gasteiger partial charge in [0.05, 0.1) is 13.1 Å². The Hall–Kier alpha value is -2.94. The minimum atomic E-state index is -0.316. The van der Waals surface area contributed by atoms with Gasteiger partial charge in [0.2, 0.25) is 17.7 Å². The minimum Gasteiger partial charge on any atom is -0.343 e. The Bertz CT molecular complexity index is 853. The van der Waals surface area contributed by atoms with Gasteiger partial charge < -0.3 is 20.0 Å². The normalized spacial score (nSPS) is 17.1. The maximum atomic E-state index is 12.7. The third kappa shape index (κ3) is 6.54. The Morgan fingerprint density at radius 2 is 1.67 bits per heavy atom. The summed E-state index contributed by atoms with van der Waals surface area (Å²) in [6.45, 7) is 8.93. The molecule has 0 unspecified atom stereocenters. The van der Waals surface area contributed by atoms with Crippen LogP contribution in [-0.4, -0.2) is 97.2 Å². The van der Waals surface area contributed by atoms with Crippen molar-refractivity contribution in [3.05, 3.63) is 29.8 Å². The van der Waals surface area contributed by atoms with Gasteiger partial charge in [0.1, 0.15) is 0 Å². The largest absolute Gasteiger partial charge is 0.343 e. The van der Waals surface area contributed by atoms with Crippen LogP contribution in [0.4, 0.5) is 5.69 Å². The first-order valence-electron chi connectivity index (χ1n) is 11.9. The average Bonchev–Trinajstić information content (AvgIpc) is 3.11. The van der Waals surface area contributed by atoms with Crippen LogP contribution >= 0.6 is 0 Å². The quantitative estimate of drug-likeness (QED) is 0.627. The highest BCUT2D eigenvalue weighted by Crippen LogP contribution is 2.21. The van der Waals surface area contributed by atoms with Gasteiger partial charge in [-0.1, -0.05) is 0 Å². The van der Waals surface area contributed by atoms with Gasteiger partial charge >= 0.3 is 0 Å². The Morgan fingerprint density at radius 3 is 2.30 bits per heavy atom. The summed E-state index contributed by atoms with van der Waals surface area (Å²) in [5, 5.41) is 2.70. The number of nitrogens with one attached hydrogen (secondary N) is 1. The minimum absolute atomic E-state index is 0.0659. The van der Waals surface area contributed by atoms with Gasteiger partial charge in [-0.05, 0) is 51.0 Å². The zero-order valence-electron chi connectivity index (χ0n) is 19.7. The SMILES string of the molecule is CCN(CC)C(=O)CN1CCCN(C(=O)CNC(=O)c2ccc(N3CCCC3=O)cc2)CC1. The van der Waals surface area contributed by atoms with Gasteiger partial charge in [-0.2, -0.15) is 0 Å². The van der Waals surface area contributed by atoms with E-state index >= 15 is 0 Å². The molecule has 0 bridgehead atoms. The molecule has 2 saturated heterocycles. The van der Waals surface area contributed by atoms with Crippen molar-refractivity contribution >= 4 is 29.3 Å². The molecule has 1 N–H and O–H groups in total. The summed E-state index contributed by atoms with van der Waals surface area (Å²) in [4.78, 5) is 56.7. The third-order valence-electron chi connectivity index (χ3n) is 6.33. The van der Waals surface area contributed by atoms with Crippen molar-refractivity contribution < 1.29 is 19.2 Å². The first-order valence-corrected chi connectivity index (χ1v) is 11.9. The molecule has 33 heavy (non-hydrogen) atoms. The van der Waals surface area contributed by atoms with Crippen LogP contribution in [0, 0.1) is 0 Å². The molecule has 0 atom stereocenters. The number of anilines is 1. The molecule has 1 aromatic rings. The van der Waals surface area contributed by atoms with Crippen LogP contribution < -0.4 is 10.2 Å². The number of rotatable bonds is 8. The smallest absolute Gasteiger partial charge is 0.251 e. The van der Waals surface area contributed by atoms with E-state index in [1.165, 1.54) is 0 Å². The van der Waals surface area contributed by atoms with E-state index in [0.29, 0.717) is 57.8 Å². The van der Waals surface area contributed by atoms with E-state index in [1.54, 1.807) is 34.1 Å². The van der Waals surface area contributed by atoms with Gasteiger partial charge in [0, 0.05) is 63.5 Å². The number of carbonyl (C=O) groups is 4. The van der Waals surface area contributed by atoms with E-state index in [0.717, 1.165) is 25.1 Å². The van der Waals surface area contributed by atoms with Crippen LogP contribution in [0.15, 0.2) is 24.3 Å². The maximum Gasteiger partial charge on any atom is 0.251 e. The zero-order valence-corrected chi connectivity index (χ0v) is 19.7. The average molecular weight is 458 g/mol. The topological polar surface area (TPSA) is 93.3 Å². The Balaban J connectivity index is 1.45. The Morgan fingerprint density at radius 1 is 0.939 bits per heavy atom. The summed E-state index contributed by atoms with van der Waals surface area (Å²) in [6, 6.07) is 6.89. The highest BCUT2D eigenvalue weighted by atomic mass is 16.2. The van der Waals surface area contributed by atoms with Gasteiger partial charge in [0.25, 0.3) is 5.91 Å². The lowest BCUT2D eigenvalue weighted by Crippen LogP contribution is -2.43. The van der Waals surface area contributed by atoms with Crippen molar-refractivity contribution in [2.24, 2.45) is 0 Å². The standard InChI is InChI=1S/C24H35N5O4/c1-3-27(4-2)23(32)18-26-12-6-13-28(16-15-26)22(31)17-25-24(33)19-8-10-20(11-9-19)29-14-5-7-21(29)30/h8-11H,3-7,12-18H2,1-2H3,(H,25,33). The first kappa shape index (κ1) is 24.7. The molecule has 0 saturated carbocycles. The molecule has 9 nitrogen and oxygen atoms in total. The molecular weight excluding hydrogens is 422 g/mol. The highest BCUT2D eigenvalue weighted by molar-refractivity contribution is 5.98. The molecule has 0 radical (unpaired) electrons. The molecule has 2 heterocycles. The number of carbonyl (C=O) groups excluding carboxylic acids is 4. The van der Waals surface area contributed by atoms with Crippen molar-refractivity contribution in [1.29, 1.82) is 0 Å². The lowest BCUT2D eigenvalue weighted by atomic mass is 10.2. The van der Waals surface area contributed by atoms with Crippen molar-refractivity contribution in [1.82, 2.24) is 20.0 Å². The van der Waals surface area contributed by atoms with E-state index in [-0.39, 0.29) is 30.2 Å². The first-order chi connectivity index (χ1) is 15.9. The van der Waals surface area contributed by atoms with Gasteiger partial charge in [0.15, 0.2) is 0 Å². The predicted molar refractivity (Wildman–Crippen MR) is 126 cm³/mol. The monoisotopic (exact) mass is 457 g/mol. The van der Waals surface area contributed by atoms with Crippen molar-refractivity contribution in [2.45, 2.75) is 33.1 Å². The number of benzene rings is 1. The fourth-order valence-corrected chi connectivity index (χ4v) is 4.33. The lowest BCUT2D eigenvalue weighted by molar-refractivity contribution is -0.132. The number of amides is 4. The number of nitrogens with zero attached hydrogens (tertiary/aromatic N) is 4. The predicted octanol–water partition coefficient (Wildman–Crippen LogP) is 0.946. The molecule has 4 amide bonds. The second kappa shape index (κ2) is 11.8. The van der Waals surface area contributed by atoms with Crippen molar-refractivity contribution in [3.63, 3.8) is 0 Å². The van der Waals surface area contributed by atoms with Crippen LogP contribution in [0.5, 0.6) is 0 Å². The number of hydrogen-bond acceptors (Lipinski definition) is 5. The number of likely N-dealkylation sites (N-methyl/N-ethyl adjacent to an activating group) is 1. The molecule has 1 aromatic carbocycles. The fraction of sp³-hybridized carbons (Fsp3) is 0.583. The van der Waals surface area contributed by atoms with E-state index in [2.05, 4.69) is 10.2 Å². The molecule has 0 aromatic heterocycles. The van der Waals surface area contributed by atoms with E-state index in [4.69, 9.17) is 0 Å². The Labute approximate surface area is 195 Å². The Kier molecular flexibility index (Phi) is 8.82. The summed E-state index contributed by atoms with van der Waals surface area (Å²) >= 11 is 0. The summed E-state index contributed by atoms with van der Waals surface area (Å²) in [5.41, 5.74) is 1.24. The molecule has 0 spiro atoms. The molecule has 3 rings (SSSR count). The third-order valence-corrected chi connectivity index (χ3v) is 6.33. The molecule has 2 aliphatic rings.